The van der Waals surface area contributed by atoms with Crippen LogP contribution in [0.4, 0.5) is 0 Å². The summed E-state index contributed by atoms with van der Waals surface area (Å²) in [5, 5.41) is 0. The summed E-state index contributed by atoms with van der Waals surface area (Å²) in [6, 6.07) is 0.425. The van der Waals surface area contributed by atoms with Gasteiger partial charge in [0.05, 0.1) is 0 Å². The zero-order chi connectivity index (χ0) is 16.8. The van der Waals surface area contributed by atoms with Gasteiger partial charge in [0, 0.05) is 6.04 Å². The highest BCUT2D eigenvalue weighted by atomic mass is 14.6. The van der Waals surface area contributed by atoms with Gasteiger partial charge >= 0.3 is 0 Å². The zero-order valence-corrected chi connectivity index (χ0v) is 16.0. The molecule has 0 spiro atoms. The molecule has 134 valence electrons. The second-order valence-electron chi connectivity index (χ2n) is 7.67. The first kappa shape index (κ1) is 21.9. The minimum atomic E-state index is 0.386. The molecule has 0 amide bonds. The third-order valence-corrected chi connectivity index (χ3v) is 5.57. The fourth-order valence-corrected chi connectivity index (χ4v) is 3.70. The van der Waals surface area contributed by atoms with Gasteiger partial charge in [0.25, 0.3) is 0 Å². The van der Waals surface area contributed by atoms with Crippen LogP contribution in [0.3, 0.4) is 0 Å². The van der Waals surface area contributed by atoms with E-state index >= 15 is 0 Å². The van der Waals surface area contributed by atoms with Gasteiger partial charge in [-0.05, 0) is 37.1 Å². The van der Waals surface area contributed by atoms with E-state index in [0.717, 1.165) is 12.5 Å². The summed E-state index contributed by atoms with van der Waals surface area (Å²) in [7, 11) is 0. The molecule has 0 aromatic heterocycles. The van der Waals surface area contributed by atoms with Gasteiger partial charge in [-0.2, -0.15) is 0 Å². The van der Waals surface area contributed by atoms with Crippen molar-refractivity contribution in [3.8, 4) is 0 Å². The highest BCUT2D eigenvalue weighted by Gasteiger charge is 2.20. The summed E-state index contributed by atoms with van der Waals surface area (Å²) in [6.07, 6.45) is 15.7. The average Bonchev–Trinajstić information content (AvgIpc) is 2.51. The highest BCUT2D eigenvalue weighted by molar-refractivity contribution is 4.74. The summed E-state index contributed by atoms with van der Waals surface area (Å²) in [5.74, 6) is 0.729. The Labute approximate surface area is 140 Å². The minimum absolute atomic E-state index is 0.386. The fraction of sp³-hybridized carbons (Fsp3) is 1.00. The number of hydrogen-bond acceptors (Lipinski definition) is 2. The van der Waals surface area contributed by atoms with Gasteiger partial charge < -0.3 is 11.5 Å². The van der Waals surface area contributed by atoms with Gasteiger partial charge in [0.1, 0.15) is 0 Å². The van der Waals surface area contributed by atoms with Crippen LogP contribution in [-0.4, -0.2) is 12.6 Å². The molecular formula is C20H44N2. The van der Waals surface area contributed by atoms with Crippen LogP contribution in [0.1, 0.15) is 105 Å². The predicted octanol–water partition coefficient (Wildman–Crippen LogP) is 5.64. The second kappa shape index (κ2) is 13.4. The maximum absolute atomic E-state index is 6.28. The molecule has 2 unspecified atom stereocenters. The summed E-state index contributed by atoms with van der Waals surface area (Å²) in [4.78, 5) is 0. The van der Waals surface area contributed by atoms with Crippen LogP contribution in [-0.2, 0) is 0 Å². The van der Waals surface area contributed by atoms with Gasteiger partial charge in [-0.25, -0.2) is 0 Å². The largest absolute Gasteiger partial charge is 0.330 e. The molecule has 0 saturated carbocycles. The van der Waals surface area contributed by atoms with E-state index in [9.17, 15) is 0 Å². The molecule has 0 heterocycles. The summed E-state index contributed by atoms with van der Waals surface area (Å²) in [6.45, 7) is 9.99. The van der Waals surface area contributed by atoms with Gasteiger partial charge in [-0.3, -0.25) is 0 Å². The van der Waals surface area contributed by atoms with E-state index in [2.05, 4.69) is 27.7 Å². The normalized spacial score (nSPS) is 16.0. The van der Waals surface area contributed by atoms with E-state index in [1.165, 1.54) is 77.0 Å². The lowest BCUT2D eigenvalue weighted by Crippen LogP contribution is -2.29. The Hall–Kier alpha value is -0.0800. The van der Waals surface area contributed by atoms with Crippen LogP contribution in [0, 0.1) is 11.3 Å². The smallest absolute Gasteiger partial charge is 0.00669 e. The van der Waals surface area contributed by atoms with Crippen LogP contribution in [0.5, 0.6) is 0 Å². The Morgan fingerprint density at radius 1 is 0.818 bits per heavy atom. The quantitative estimate of drug-likeness (QED) is 0.385. The van der Waals surface area contributed by atoms with E-state index in [4.69, 9.17) is 11.5 Å². The van der Waals surface area contributed by atoms with Crippen molar-refractivity contribution in [3.63, 3.8) is 0 Å². The molecule has 0 aromatic rings. The number of rotatable bonds is 15. The lowest BCUT2D eigenvalue weighted by molar-refractivity contribution is 0.268. The molecule has 0 radical (unpaired) electrons. The summed E-state index contributed by atoms with van der Waals surface area (Å²) in [5.41, 5.74) is 12.6. The monoisotopic (exact) mass is 312 g/mol. The lowest BCUT2D eigenvalue weighted by atomic mass is 9.80. The standard InChI is InChI=1S/C20H44N2/c1-5-15-20(4,17-21)16-13-11-9-8-10-12-14-19(22)18(6-2)7-3/h18-19H,5-17,21-22H2,1-4H3. The molecular weight excluding hydrogens is 268 g/mol. The van der Waals surface area contributed by atoms with Crippen LogP contribution in [0.15, 0.2) is 0 Å². The molecule has 22 heavy (non-hydrogen) atoms. The van der Waals surface area contributed by atoms with Crippen molar-refractivity contribution >= 4 is 0 Å². The Morgan fingerprint density at radius 2 is 1.36 bits per heavy atom. The van der Waals surface area contributed by atoms with Crippen LogP contribution < -0.4 is 11.5 Å². The SMILES string of the molecule is CCCC(C)(CN)CCCCCCCCC(N)C(CC)CC. The van der Waals surface area contributed by atoms with Crippen molar-refractivity contribution in [2.24, 2.45) is 22.8 Å². The topological polar surface area (TPSA) is 52.0 Å². The maximum Gasteiger partial charge on any atom is 0.00669 e. The molecule has 0 bridgehead atoms. The molecule has 0 saturated heterocycles. The first-order valence-electron chi connectivity index (χ1n) is 9.98. The molecule has 0 aliphatic heterocycles. The number of unbranched alkanes of at least 4 members (excludes halogenated alkanes) is 5. The van der Waals surface area contributed by atoms with Crippen molar-refractivity contribution in [1.82, 2.24) is 0 Å². The molecule has 0 aliphatic carbocycles. The van der Waals surface area contributed by atoms with Crippen molar-refractivity contribution in [3.05, 3.63) is 0 Å². The first-order chi connectivity index (χ1) is 10.5. The van der Waals surface area contributed by atoms with E-state index < -0.39 is 0 Å². The average molecular weight is 313 g/mol. The predicted molar refractivity (Wildman–Crippen MR) is 101 cm³/mol. The van der Waals surface area contributed by atoms with E-state index in [1.54, 1.807) is 0 Å². The molecule has 2 nitrogen and oxygen atoms in total. The minimum Gasteiger partial charge on any atom is -0.330 e. The fourth-order valence-electron chi connectivity index (χ4n) is 3.70. The Morgan fingerprint density at radius 3 is 1.86 bits per heavy atom. The molecule has 0 aromatic carbocycles. The Kier molecular flexibility index (Phi) is 13.3. The Balaban J connectivity index is 3.54. The number of hydrogen-bond donors (Lipinski definition) is 2. The van der Waals surface area contributed by atoms with Crippen molar-refractivity contribution in [2.45, 2.75) is 111 Å². The van der Waals surface area contributed by atoms with Gasteiger partial charge in [0.2, 0.25) is 0 Å². The lowest BCUT2D eigenvalue weighted by Gasteiger charge is -2.27. The summed E-state index contributed by atoms with van der Waals surface area (Å²) >= 11 is 0. The molecule has 2 heteroatoms. The van der Waals surface area contributed by atoms with Gasteiger partial charge in [0.15, 0.2) is 0 Å². The maximum atomic E-state index is 6.28. The molecule has 0 fully saturated rings. The third kappa shape index (κ3) is 9.84. The molecule has 0 rings (SSSR count). The van der Waals surface area contributed by atoms with Crippen molar-refractivity contribution in [2.75, 3.05) is 6.54 Å². The summed E-state index contributed by atoms with van der Waals surface area (Å²) < 4.78 is 0. The Bertz CT molecular complexity index is 238. The van der Waals surface area contributed by atoms with E-state index in [1.807, 2.05) is 0 Å². The van der Waals surface area contributed by atoms with Gasteiger partial charge in [-0.15, -0.1) is 0 Å². The first-order valence-corrected chi connectivity index (χ1v) is 9.98. The number of nitrogens with two attached hydrogens (primary N) is 2. The molecule has 2 atom stereocenters. The van der Waals surface area contributed by atoms with Crippen LogP contribution in [0.25, 0.3) is 0 Å². The second-order valence-corrected chi connectivity index (χ2v) is 7.67. The van der Waals surface area contributed by atoms with E-state index in [0.29, 0.717) is 11.5 Å². The third-order valence-electron chi connectivity index (χ3n) is 5.57. The van der Waals surface area contributed by atoms with Crippen molar-refractivity contribution < 1.29 is 0 Å². The van der Waals surface area contributed by atoms with Crippen LogP contribution >= 0.6 is 0 Å². The highest BCUT2D eigenvalue weighted by Crippen LogP contribution is 2.29. The molecule has 4 N–H and O–H groups in total. The van der Waals surface area contributed by atoms with Gasteiger partial charge in [-0.1, -0.05) is 85.5 Å². The molecule has 0 aliphatic rings. The van der Waals surface area contributed by atoms with Crippen molar-refractivity contribution in [1.29, 1.82) is 0 Å². The van der Waals surface area contributed by atoms with Crippen LogP contribution in [0.2, 0.25) is 0 Å². The van der Waals surface area contributed by atoms with E-state index in [-0.39, 0.29) is 0 Å². The zero-order valence-electron chi connectivity index (χ0n) is 16.0.